The Bertz CT molecular complexity index is 366. The largest absolute Gasteiger partial charge is 0.352 e. The van der Waals surface area contributed by atoms with Crippen LogP contribution in [-0.2, 0) is 9.47 Å². The summed E-state index contributed by atoms with van der Waals surface area (Å²) in [5.74, 6) is 0.580. The molecule has 0 N–H and O–H groups in total. The number of hydrogen-bond donors (Lipinski definition) is 0. The van der Waals surface area contributed by atoms with Crippen LogP contribution in [0.4, 0.5) is 0 Å². The van der Waals surface area contributed by atoms with Crippen LogP contribution >= 0.6 is 0 Å². The first-order valence-electron chi connectivity index (χ1n) is 15.2. The molecule has 0 rings (SSSR count). The van der Waals surface area contributed by atoms with Gasteiger partial charge in [-0.3, -0.25) is 0 Å². The quantitative estimate of drug-likeness (QED) is 0.0979. The third-order valence-corrected chi connectivity index (χ3v) is 6.79. The second-order valence-corrected chi connectivity index (χ2v) is 11.7. The van der Waals surface area contributed by atoms with Gasteiger partial charge in [0, 0.05) is 19.1 Å². The molecule has 0 amide bonds. The molecule has 0 aromatic heterocycles. The first-order valence-corrected chi connectivity index (χ1v) is 15.2. The topological polar surface area (TPSA) is 18.5 Å². The van der Waals surface area contributed by atoms with Crippen molar-refractivity contribution in [1.82, 2.24) is 0 Å². The van der Waals surface area contributed by atoms with Gasteiger partial charge in [0.05, 0.1) is 0 Å². The van der Waals surface area contributed by atoms with Gasteiger partial charge < -0.3 is 9.47 Å². The van der Waals surface area contributed by atoms with Crippen LogP contribution in [0.1, 0.15) is 170 Å². The van der Waals surface area contributed by atoms with E-state index in [1.54, 1.807) is 0 Å². The van der Waals surface area contributed by atoms with Crippen LogP contribution in [-0.4, -0.2) is 19.5 Å². The van der Waals surface area contributed by atoms with Gasteiger partial charge in [-0.25, -0.2) is 0 Å². The maximum atomic E-state index is 6.20. The minimum absolute atomic E-state index is 0.0211. The Morgan fingerprint density at radius 3 is 1.27 bits per heavy atom. The minimum atomic E-state index is 0.0211. The molecule has 200 valence electrons. The lowest BCUT2D eigenvalue weighted by atomic mass is 9.89. The SMILES string of the molecule is CCCCCCCCCC(CCCCCCCCCCC(C)(C)C)C(OCCC)OCCC. The van der Waals surface area contributed by atoms with Crippen molar-refractivity contribution in [3.8, 4) is 0 Å². The van der Waals surface area contributed by atoms with E-state index < -0.39 is 0 Å². The second-order valence-electron chi connectivity index (χ2n) is 11.7. The minimum Gasteiger partial charge on any atom is -0.352 e. The summed E-state index contributed by atoms with van der Waals surface area (Å²) in [7, 11) is 0. The standard InChI is InChI=1S/C31H64O2/c1-7-10-11-12-15-18-21-24-29(30(32-27-8-2)33-28-9-3)25-22-19-16-13-14-17-20-23-26-31(4,5)6/h29-30H,7-28H2,1-6H3. The van der Waals surface area contributed by atoms with E-state index in [2.05, 4.69) is 41.5 Å². The monoisotopic (exact) mass is 468 g/mol. The summed E-state index contributed by atoms with van der Waals surface area (Å²) in [6.07, 6.45) is 27.0. The van der Waals surface area contributed by atoms with Crippen LogP contribution in [0.25, 0.3) is 0 Å². The van der Waals surface area contributed by atoms with Gasteiger partial charge in [-0.1, -0.05) is 138 Å². The first kappa shape index (κ1) is 32.9. The maximum Gasteiger partial charge on any atom is 0.160 e. The lowest BCUT2D eigenvalue weighted by molar-refractivity contribution is -0.175. The third-order valence-electron chi connectivity index (χ3n) is 6.79. The Balaban J connectivity index is 4.19. The fourth-order valence-corrected chi connectivity index (χ4v) is 4.69. The molecule has 0 aliphatic rings. The summed E-state index contributed by atoms with van der Waals surface area (Å²) in [5.41, 5.74) is 0.505. The average molecular weight is 469 g/mol. The van der Waals surface area contributed by atoms with Crippen molar-refractivity contribution >= 4 is 0 Å². The van der Waals surface area contributed by atoms with Gasteiger partial charge in [0.15, 0.2) is 6.29 Å². The molecular weight excluding hydrogens is 404 g/mol. The Morgan fingerprint density at radius 2 is 0.879 bits per heavy atom. The van der Waals surface area contributed by atoms with Gasteiger partial charge in [0.25, 0.3) is 0 Å². The molecule has 0 bridgehead atoms. The molecule has 0 aromatic rings. The highest BCUT2D eigenvalue weighted by molar-refractivity contribution is 4.66. The van der Waals surface area contributed by atoms with Crippen molar-refractivity contribution in [2.24, 2.45) is 11.3 Å². The third kappa shape index (κ3) is 23.4. The number of ether oxygens (including phenoxy) is 2. The molecule has 1 unspecified atom stereocenters. The first-order chi connectivity index (χ1) is 15.9. The molecule has 2 heteroatoms. The van der Waals surface area contributed by atoms with E-state index in [1.807, 2.05) is 0 Å². The molecule has 0 heterocycles. The molecule has 0 aliphatic heterocycles. The zero-order valence-corrected chi connectivity index (χ0v) is 24.0. The Kier molecular flexibility index (Phi) is 23.6. The molecule has 0 radical (unpaired) electrons. The van der Waals surface area contributed by atoms with Crippen LogP contribution in [0.5, 0.6) is 0 Å². The normalized spacial score (nSPS) is 13.2. The van der Waals surface area contributed by atoms with Crippen LogP contribution in [0, 0.1) is 11.3 Å². The Labute approximate surface area is 210 Å². The lowest BCUT2D eigenvalue weighted by Crippen LogP contribution is -2.28. The van der Waals surface area contributed by atoms with E-state index in [0.29, 0.717) is 11.3 Å². The van der Waals surface area contributed by atoms with Gasteiger partial charge in [0.2, 0.25) is 0 Å². The van der Waals surface area contributed by atoms with Crippen molar-refractivity contribution in [1.29, 1.82) is 0 Å². The molecular formula is C31H64O2. The average Bonchev–Trinajstić information content (AvgIpc) is 2.78. The number of unbranched alkanes of at least 4 members (excludes halogenated alkanes) is 13. The lowest BCUT2D eigenvalue weighted by Gasteiger charge is -2.27. The van der Waals surface area contributed by atoms with Crippen LogP contribution < -0.4 is 0 Å². The zero-order chi connectivity index (χ0) is 24.6. The van der Waals surface area contributed by atoms with Crippen molar-refractivity contribution in [2.45, 2.75) is 176 Å². The van der Waals surface area contributed by atoms with Crippen LogP contribution in [0.15, 0.2) is 0 Å². The summed E-state index contributed by atoms with van der Waals surface area (Å²) in [4.78, 5) is 0. The molecule has 0 aromatic carbocycles. The zero-order valence-electron chi connectivity index (χ0n) is 24.0. The predicted octanol–water partition coefficient (Wildman–Crippen LogP) is 10.9. The second kappa shape index (κ2) is 23.7. The summed E-state index contributed by atoms with van der Waals surface area (Å²) < 4.78 is 12.4. The number of hydrogen-bond acceptors (Lipinski definition) is 2. The van der Waals surface area contributed by atoms with E-state index in [1.165, 1.54) is 116 Å². The molecule has 2 nitrogen and oxygen atoms in total. The molecule has 33 heavy (non-hydrogen) atoms. The Hall–Kier alpha value is -0.0800. The summed E-state index contributed by atoms with van der Waals surface area (Å²) in [5, 5.41) is 0. The van der Waals surface area contributed by atoms with Crippen molar-refractivity contribution in [2.75, 3.05) is 13.2 Å². The van der Waals surface area contributed by atoms with Gasteiger partial charge in [-0.05, 0) is 37.5 Å². The summed E-state index contributed by atoms with van der Waals surface area (Å²) in [6.45, 7) is 15.4. The van der Waals surface area contributed by atoms with Crippen LogP contribution in [0.3, 0.4) is 0 Å². The van der Waals surface area contributed by atoms with Gasteiger partial charge >= 0.3 is 0 Å². The maximum absolute atomic E-state index is 6.20. The van der Waals surface area contributed by atoms with Crippen molar-refractivity contribution in [3.63, 3.8) is 0 Å². The highest BCUT2D eigenvalue weighted by Gasteiger charge is 2.22. The molecule has 0 fully saturated rings. The van der Waals surface area contributed by atoms with Gasteiger partial charge in [-0.15, -0.1) is 0 Å². The fourth-order valence-electron chi connectivity index (χ4n) is 4.69. The molecule has 0 spiro atoms. The van der Waals surface area contributed by atoms with Gasteiger partial charge in [-0.2, -0.15) is 0 Å². The highest BCUT2D eigenvalue weighted by Crippen LogP contribution is 2.26. The predicted molar refractivity (Wildman–Crippen MR) is 148 cm³/mol. The van der Waals surface area contributed by atoms with Crippen LogP contribution in [0.2, 0.25) is 0 Å². The molecule has 0 aliphatic carbocycles. The smallest absolute Gasteiger partial charge is 0.160 e. The molecule has 1 atom stereocenters. The van der Waals surface area contributed by atoms with Crippen molar-refractivity contribution in [3.05, 3.63) is 0 Å². The van der Waals surface area contributed by atoms with E-state index in [9.17, 15) is 0 Å². The summed E-state index contributed by atoms with van der Waals surface area (Å²) in [6, 6.07) is 0. The summed E-state index contributed by atoms with van der Waals surface area (Å²) >= 11 is 0. The van der Waals surface area contributed by atoms with E-state index in [0.717, 1.165) is 26.1 Å². The van der Waals surface area contributed by atoms with Gasteiger partial charge in [0.1, 0.15) is 0 Å². The Morgan fingerprint density at radius 1 is 0.485 bits per heavy atom. The fraction of sp³-hybridized carbons (Fsp3) is 1.00. The van der Waals surface area contributed by atoms with E-state index >= 15 is 0 Å². The van der Waals surface area contributed by atoms with E-state index in [-0.39, 0.29) is 6.29 Å². The van der Waals surface area contributed by atoms with Crippen molar-refractivity contribution < 1.29 is 9.47 Å². The molecule has 0 saturated heterocycles. The molecule has 0 saturated carbocycles. The number of rotatable bonds is 25. The highest BCUT2D eigenvalue weighted by atomic mass is 16.7. The van der Waals surface area contributed by atoms with E-state index in [4.69, 9.17) is 9.47 Å².